The molecular formula is C16H35IN4. The zero-order chi connectivity index (χ0) is 15.2. The van der Waals surface area contributed by atoms with Gasteiger partial charge in [0.05, 0.1) is 0 Å². The predicted molar refractivity (Wildman–Crippen MR) is 103 cm³/mol. The lowest BCUT2D eigenvalue weighted by atomic mass is 9.96. The fraction of sp³-hybridized carbons (Fsp3) is 0.938. The van der Waals surface area contributed by atoms with E-state index in [0.717, 1.165) is 12.5 Å². The van der Waals surface area contributed by atoms with Crippen molar-refractivity contribution in [2.75, 3.05) is 26.2 Å². The maximum Gasteiger partial charge on any atom is 0.188 e. The second-order valence-corrected chi connectivity index (χ2v) is 7.57. The van der Waals surface area contributed by atoms with Gasteiger partial charge in [-0.1, -0.05) is 13.8 Å². The summed E-state index contributed by atoms with van der Waals surface area (Å²) in [5.74, 6) is 2.09. The lowest BCUT2D eigenvalue weighted by Crippen LogP contribution is -2.45. The van der Waals surface area contributed by atoms with E-state index in [0.29, 0.717) is 11.9 Å². The van der Waals surface area contributed by atoms with Crippen LogP contribution >= 0.6 is 24.0 Å². The van der Waals surface area contributed by atoms with Crippen molar-refractivity contribution in [3.63, 3.8) is 0 Å². The summed E-state index contributed by atoms with van der Waals surface area (Å²) < 4.78 is 0. The van der Waals surface area contributed by atoms with E-state index in [9.17, 15) is 0 Å². The fourth-order valence-electron chi connectivity index (χ4n) is 2.48. The van der Waals surface area contributed by atoms with E-state index >= 15 is 0 Å². The molecule has 0 aromatic rings. The molecule has 21 heavy (non-hydrogen) atoms. The number of halogens is 1. The van der Waals surface area contributed by atoms with Crippen molar-refractivity contribution in [1.29, 1.82) is 0 Å². The number of nitrogens with two attached hydrogens (primary N) is 1. The number of aliphatic imine (C=N–C) groups is 1. The van der Waals surface area contributed by atoms with Crippen LogP contribution in [0.15, 0.2) is 4.99 Å². The van der Waals surface area contributed by atoms with Crippen molar-refractivity contribution in [2.45, 2.75) is 59.4 Å². The number of rotatable bonds is 5. The first-order chi connectivity index (χ1) is 9.26. The predicted octanol–water partition coefficient (Wildman–Crippen LogP) is 3.07. The first kappa shape index (κ1) is 21.0. The van der Waals surface area contributed by atoms with Gasteiger partial charge in [0.15, 0.2) is 5.96 Å². The quantitative estimate of drug-likeness (QED) is 0.416. The Morgan fingerprint density at radius 3 is 2.33 bits per heavy atom. The minimum Gasteiger partial charge on any atom is -0.370 e. The molecule has 0 spiro atoms. The van der Waals surface area contributed by atoms with Crippen molar-refractivity contribution in [1.82, 2.24) is 10.2 Å². The summed E-state index contributed by atoms with van der Waals surface area (Å²) in [6.07, 6.45) is 3.82. The molecule has 126 valence electrons. The summed E-state index contributed by atoms with van der Waals surface area (Å²) in [7, 11) is 0. The number of guanidine groups is 1. The molecule has 5 heteroatoms. The van der Waals surface area contributed by atoms with E-state index in [1.54, 1.807) is 0 Å². The van der Waals surface area contributed by atoms with Crippen LogP contribution in [0.1, 0.15) is 53.9 Å². The van der Waals surface area contributed by atoms with Crippen LogP contribution in [0.5, 0.6) is 0 Å². The van der Waals surface area contributed by atoms with Crippen molar-refractivity contribution in [3.05, 3.63) is 0 Å². The molecule has 0 aromatic heterocycles. The Morgan fingerprint density at radius 1 is 1.29 bits per heavy atom. The highest BCUT2D eigenvalue weighted by Gasteiger charge is 2.19. The molecule has 1 aliphatic rings. The minimum atomic E-state index is -0.00616. The van der Waals surface area contributed by atoms with E-state index in [2.05, 4.69) is 49.8 Å². The molecule has 4 nitrogen and oxygen atoms in total. The van der Waals surface area contributed by atoms with Gasteiger partial charge in [-0.15, -0.1) is 24.0 Å². The average molecular weight is 410 g/mol. The number of likely N-dealkylation sites (tertiary alicyclic amines) is 1. The van der Waals surface area contributed by atoms with Gasteiger partial charge < -0.3 is 16.0 Å². The molecule has 0 unspecified atom stereocenters. The Hall–Kier alpha value is -0.0400. The van der Waals surface area contributed by atoms with Crippen LogP contribution in [-0.4, -0.2) is 42.6 Å². The van der Waals surface area contributed by atoms with Gasteiger partial charge in [-0.2, -0.15) is 0 Å². The Labute approximate surface area is 148 Å². The second kappa shape index (κ2) is 9.87. The van der Waals surface area contributed by atoms with E-state index in [1.165, 1.54) is 38.9 Å². The van der Waals surface area contributed by atoms with Crippen LogP contribution in [0.25, 0.3) is 0 Å². The highest BCUT2D eigenvalue weighted by molar-refractivity contribution is 14.0. The van der Waals surface area contributed by atoms with Gasteiger partial charge in [0.2, 0.25) is 0 Å². The van der Waals surface area contributed by atoms with Crippen LogP contribution < -0.4 is 11.1 Å². The fourth-order valence-corrected chi connectivity index (χ4v) is 2.48. The Bertz CT molecular complexity index is 302. The Kier molecular flexibility index (Phi) is 9.85. The molecular weight excluding hydrogens is 375 g/mol. The summed E-state index contributed by atoms with van der Waals surface area (Å²) in [6.45, 7) is 15.5. The smallest absolute Gasteiger partial charge is 0.188 e. The summed E-state index contributed by atoms with van der Waals surface area (Å²) in [5, 5.41) is 3.22. The molecule has 1 saturated heterocycles. The molecule has 0 atom stereocenters. The van der Waals surface area contributed by atoms with Gasteiger partial charge >= 0.3 is 0 Å². The van der Waals surface area contributed by atoms with Crippen molar-refractivity contribution in [3.8, 4) is 0 Å². The third kappa shape index (κ3) is 10.3. The molecule has 1 fully saturated rings. The van der Waals surface area contributed by atoms with Crippen molar-refractivity contribution >= 4 is 29.9 Å². The number of nitrogens with one attached hydrogen (secondary N) is 1. The molecule has 1 rings (SSSR count). The third-order valence-corrected chi connectivity index (χ3v) is 3.75. The molecule has 0 radical (unpaired) electrons. The van der Waals surface area contributed by atoms with E-state index in [-0.39, 0.29) is 29.5 Å². The monoisotopic (exact) mass is 410 g/mol. The number of hydrogen-bond acceptors (Lipinski definition) is 2. The van der Waals surface area contributed by atoms with Crippen LogP contribution in [0.2, 0.25) is 0 Å². The molecule has 0 saturated carbocycles. The summed E-state index contributed by atoms with van der Waals surface area (Å²) in [5.41, 5.74) is 5.91. The molecule has 1 heterocycles. The topological polar surface area (TPSA) is 53.6 Å². The summed E-state index contributed by atoms with van der Waals surface area (Å²) in [6, 6.07) is 0. The minimum absolute atomic E-state index is 0. The second-order valence-electron chi connectivity index (χ2n) is 7.57. The van der Waals surface area contributed by atoms with Crippen LogP contribution in [0.3, 0.4) is 0 Å². The highest BCUT2D eigenvalue weighted by atomic mass is 127. The van der Waals surface area contributed by atoms with E-state index < -0.39 is 0 Å². The van der Waals surface area contributed by atoms with Crippen LogP contribution in [0.4, 0.5) is 0 Å². The SMILES string of the molecule is CC(C)CCN1CCC(CN=C(N)NC(C)(C)C)CC1.I. The number of hydrogen-bond donors (Lipinski definition) is 2. The number of nitrogens with zero attached hydrogens (tertiary/aromatic N) is 2. The molecule has 3 N–H and O–H groups in total. The maximum absolute atomic E-state index is 5.91. The van der Waals surface area contributed by atoms with Gasteiger partial charge in [-0.25, -0.2) is 0 Å². The van der Waals surface area contributed by atoms with Crippen LogP contribution in [-0.2, 0) is 0 Å². The third-order valence-electron chi connectivity index (χ3n) is 3.75. The summed E-state index contributed by atoms with van der Waals surface area (Å²) >= 11 is 0. The largest absolute Gasteiger partial charge is 0.370 e. The lowest BCUT2D eigenvalue weighted by molar-refractivity contribution is 0.180. The molecule has 0 aliphatic carbocycles. The van der Waals surface area contributed by atoms with E-state index in [4.69, 9.17) is 5.73 Å². The maximum atomic E-state index is 5.91. The highest BCUT2D eigenvalue weighted by Crippen LogP contribution is 2.18. The summed E-state index contributed by atoms with van der Waals surface area (Å²) in [4.78, 5) is 7.09. The van der Waals surface area contributed by atoms with Gasteiger partial charge in [-0.3, -0.25) is 4.99 Å². The van der Waals surface area contributed by atoms with Crippen molar-refractivity contribution < 1.29 is 0 Å². The first-order valence-electron chi connectivity index (χ1n) is 8.06. The molecule has 1 aliphatic heterocycles. The Balaban J connectivity index is 0.00000400. The zero-order valence-electron chi connectivity index (χ0n) is 14.5. The zero-order valence-corrected chi connectivity index (χ0v) is 16.8. The molecule has 0 bridgehead atoms. The van der Waals surface area contributed by atoms with Gasteiger partial charge in [0, 0.05) is 12.1 Å². The molecule has 0 amide bonds. The van der Waals surface area contributed by atoms with Gasteiger partial charge in [0.1, 0.15) is 0 Å². The number of piperidine rings is 1. The average Bonchev–Trinajstić information content (AvgIpc) is 2.33. The van der Waals surface area contributed by atoms with Gasteiger partial charge in [-0.05, 0) is 71.5 Å². The van der Waals surface area contributed by atoms with Gasteiger partial charge in [0.25, 0.3) is 0 Å². The van der Waals surface area contributed by atoms with Crippen molar-refractivity contribution in [2.24, 2.45) is 22.6 Å². The normalized spacial score (nSPS) is 18.7. The van der Waals surface area contributed by atoms with E-state index in [1.807, 2.05) is 0 Å². The molecule has 0 aromatic carbocycles. The standard InChI is InChI=1S/C16H34N4.HI/c1-13(2)6-9-20-10-7-14(8-11-20)12-18-15(17)19-16(3,4)5;/h13-14H,6-12H2,1-5H3,(H3,17,18,19);1H. The Morgan fingerprint density at radius 2 is 1.86 bits per heavy atom. The van der Waals surface area contributed by atoms with Crippen LogP contribution in [0, 0.1) is 11.8 Å². The first-order valence-corrected chi connectivity index (χ1v) is 8.06. The lowest BCUT2D eigenvalue weighted by Gasteiger charge is -2.31.